The van der Waals surface area contributed by atoms with Gasteiger partial charge in [-0.15, -0.1) is 0 Å². The number of nitrogens with two attached hydrogens (primary N) is 1. The molecule has 23 heavy (non-hydrogen) atoms. The lowest BCUT2D eigenvalue weighted by atomic mass is 9.92. The van der Waals surface area contributed by atoms with Gasteiger partial charge in [0.15, 0.2) is 0 Å². The van der Waals surface area contributed by atoms with E-state index < -0.39 is 17.6 Å². The van der Waals surface area contributed by atoms with E-state index in [2.05, 4.69) is 10.6 Å². The maximum atomic E-state index is 13.7. The van der Waals surface area contributed by atoms with Crippen molar-refractivity contribution < 1.29 is 18.8 Å². The second kappa shape index (κ2) is 7.21. The molecule has 126 valence electrons. The molecule has 3 amide bonds. The first kappa shape index (κ1) is 18.6. The SMILES string of the molecule is Cc1c(F)cc(C(N)=O)cc1NC(=O)CNC(=O)CC(C)(C)C. The number of anilines is 1. The van der Waals surface area contributed by atoms with Crippen molar-refractivity contribution in [1.29, 1.82) is 0 Å². The molecule has 0 spiro atoms. The van der Waals surface area contributed by atoms with Crippen LogP contribution in [0.25, 0.3) is 0 Å². The molecule has 1 aromatic rings. The van der Waals surface area contributed by atoms with E-state index in [0.29, 0.717) is 0 Å². The Hall–Kier alpha value is -2.44. The number of halogens is 1. The third-order valence-corrected chi connectivity index (χ3v) is 3.04. The van der Waals surface area contributed by atoms with Gasteiger partial charge in [-0.3, -0.25) is 14.4 Å². The lowest BCUT2D eigenvalue weighted by Crippen LogP contribution is -2.34. The molecule has 1 aromatic carbocycles. The maximum Gasteiger partial charge on any atom is 0.248 e. The number of hydrogen-bond acceptors (Lipinski definition) is 3. The molecule has 0 saturated carbocycles. The summed E-state index contributed by atoms with van der Waals surface area (Å²) in [5, 5.41) is 4.96. The minimum Gasteiger partial charge on any atom is -0.366 e. The molecule has 0 aliphatic rings. The summed E-state index contributed by atoms with van der Waals surface area (Å²) in [6.45, 7) is 6.96. The summed E-state index contributed by atoms with van der Waals surface area (Å²) in [5.41, 5.74) is 5.22. The molecule has 0 fully saturated rings. The van der Waals surface area contributed by atoms with E-state index in [0.717, 1.165) is 6.07 Å². The molecule has 4 N–H and O–H groups in total. The van der Waals surface area contributed by atoms with Gasteiger partial charge in [0.05, 0.1) is 6.54 Å². The van der Waals surface area contributed by atoms with E-state index in [4.69, 9.17) is 5.73 Å². The normalized spacial score (nSPS) is 11.0. The fourth-order valence-corrected chi connectivity index (χ4v) is 1.87. The Morgan fingerprint density at radius 3 is 2.30 bits per heavy atom. The van der Waals surface area contributed by atoms with Crippen LogP contribution in [-0.2, 0) is 9.59 Å². The molecule has 0 aliphatic carbocycles. The largest absolute Gasteiger partial charge is 0.366 e. The predicted molar refractivity (Wildman–Crippen MR) is 85.4 cm³/mol. The smallest absolute Gasteiger partial charge is 0.248 e. The Kier molecular flexibility index (Phi) is 5.84. The minimum atomic E-state index is -0.794. The van der Waals surface area contributed by atoms with Crippen LogP contribution in [0.5, 0.6) is 0 Å². The molecule has 0 unspecified atom stereocenters. The molecular formula is C16H22FN3O3. The summed E-state index contributed by atoms with van der Waals surface area (Å²) in [4.78, 5) is 34.7. The van der Waals surface area contributed by atoms with Crippen molar-refractivity contribution in [1.82, 2.24) is 5.32 Å². The first-order chi connectivity index (χ1) is 10.5. The van der Waals surface area contributed by atoms with Gasteiger partial charge in [-0.05, 0) is 24.5 Å². The summed E-state index contributed by atoms with van der Waals surface area (Å²) in [6.07, 6.45) is 0.283. The van der Waals surface area contributed by atoms with E-state index >= 15 is 0 Å². The van der Waals surface area contributed by atoms with Gasteiger partial charge < -0.3 is 16.4 Å². The average Bonchev–Trinajstić information content (AvgIpc) is 2.39. The molecule has 0 aromatic heterocycles. The number of primary amides is 1. The predicted octanol–water partition coefficient (Wildman–Crippen LogP) is 1.72. The van der Waals surface area contributed by atoms with Gasteiger partial charge in [-0.1, -0.05) is 20.8 Å². The monoisotopic (exact) mass is 323 g/mol. The fourth-order valence-electron chi connectivity index (χ4n) is 1.87. The van der Waals surface area contributed by atoms with Crippen molar-refractivity contribution >= 4 is 23.4 Å². The number of rotatable bonds is 5. The van der Waals surface area contributed by atoms with Crippen LogP contribution in [0.15, 0.2) is 12.1 Å². The molecule has 0 aliphatic heterocycles. The molecule has 0 atom stereocenters. The number of benzene rings is 1. The minimum absolute atomic E-state index is 0.0415. The molecule has 0 radical (unpaired) electrons. The topological polar surface area (TPSA) is 101 Å². The fraction of sp³-hybridized carbons (Fsp3) is 0.438. The summed E-state index contributed by atoms with van der Waals surface area (Å²) in [6, 6.07) is 2.31. The molecule has 0 heterocycles. The molecule has 0 bridgehead atoms. The second-order valence-corrected chi connectivity index (χ2v) is 6.56. The highest BCUT2D eigenvalue weighted by molar-refractivity contribution is 5.98. The Morgan fingerprint density at radius 2 is 1.78 bits per heavy atom. The van der Waals surface area contributed by atoms with E-state index in [1.165, 1.54) is 13.0 Å². The Bertz CT molecular complexity index is 636. The summed E-state index contributed by atoms with van der Waals surface area (Å²) < 4.78 is 13.7. The standard InChI is InChI=1S/C16H22FN3O3/c1-9-11(17)5-10(15(18)23)6-12(9)20-14(22)8-19-13(21)7-16(2,3)4/h5-6H,7-8H2,1-4H3,(H2,18,23)(H,19,21)(H,20,22). The summed E-state index contributed by atoms with van der Waals surface area (Å²) in [7, 11) is 0. The van der Waals surface area contributed by atoms with E-state index in [1.807, 2.05) is 20.8 Å². The van der Waals surface area contributed by atoms with Crippen LogP contribution in [0.1, 0.15) is 43.1 Å². The summed E-state index contributed by atoms with van der Waals surface area (Å²) in [5.74, 6) is -2.20. The van der Waals surface area contributed by atoms with E-state index in [1.54, 1.807) is 0 Å². The molecule has 1 rings (SSSR count). The maximum absolute atomic E-state index is 13.7. The van der Waals surface area contributed by atoms with Gasteiger partial charge in [0, 0.05) is 23.2 Å². The zero-order chi connectivity index (χ0) is 17.8. The number of nitrogens with one attached hydrogen (secondary N) is 2. The molecule has 6 nitrogen and oxygen atoms in total. The highest BCUT2D eigenvalue weighted by Crippen LogP contribution is 2.20. The third-order valence-electron chi connectivity index (χ3n) is 3.04. The van der Waals surface area contributed by atoms with Crippen LogP contribution in [0.4, 0.5) is 10.1 Å². The van der Waals surface area contributed by atoms with Crippen LogP contribution in [0, 0.1) is 18.2 Å². The Labute approximate surface area is 134 Å². The van der Waals surface area contributed by atoms with Crippen LogP contribution in [0.2, 0.25) is 0 Å². The molecule has 7 heteroatoms. The number of amides is 3. The van der Waals surface area contributed by atoms with Gasteiger partial charge in [0.2, 0.25) is 17.7 Å². The molecular weight excluding hydrogens is 301 g/mol. The van der Waals surface area contributed by atoms with Crippen molar-refractivity contribution in [2.45, 2.75) is 34.1 Å². The van der Waals surface area contributed by atoms with Crippen molar-refractivity contribution in [3.8, 4) is 0 Å². The first-order valence-electron chi connectivity index (χ1n) is 7.16. The van der Waals surface area contributed by atoms with Crippen molar-refractivity contribution in [2.24, 2.45) is 11.1 Å². The third kappa shape index (κ3) is 6.06. The van der Waals surface area contributed by atoms with Gasteiger partial charge in [0.25, 0.3) is 0 Å². The Morgan fingerprint density at radius 1 is 1.17 bits per heavy atom. The zero-order valence-corrected chi connectivity index (χ0v) is 13.7. The van der Waals surface area contributed by atoms with E-state index in [9.17, 15) is 18.8 Å². The van der Waals surface area contributed by atoms with Crippen molar-refractivity contribution in [3.05, 3.63) is 29.1 Å². The van der Waals surface area contributed by atoms with Crippen LogP contribution < -0.4 is 16.4 Å². The quantitative estimate of drug-likeness (QED) is 0.769. The van der Waals surface area contributed by atoms with Crippen LogP contribution in [-0.4, -0.2) is 24.3 Å². The zero-order valence-electron chi connectivity index (χ0n) is 13.7. The van der Waals surface area contributed by atoms with Gasteiger partial charge >= 0.3 is 0 Å². The van der Waals surface area contributed by atoms with Crippen molar-refractivity contribution in [2.75, 3.05) is 11.9 Å². The summed E-state index contributed by atoms with van der Waals surface area (Å²) >= 11 is 0. The number of carbonyl (C=O) groups excluding carboxylic acids is 3. The number of carbonyl (C=O) groups is 3. The van der Waals surface area contributed by atoms with E-state index in [-0.39, 0.29) is 41.1 Å². The average molecular weight is 323 g/mol. The van der Waals surface area contributed by atoms with Crippen molar-refractivity contribution in [3.63, 3.8) is 0 Å². The first-order valence-corrected chi connectivity index (χ1v) is 7.16. The van der Waals surface area contributed by atoms with Gasteiger partial charge in [-0.2, -0.15) is 0 Å². The van der Waals surface area contributed by atoms with Gasteiger partial charge in [-0.25, -0.2) is 4.39 Å². The highest BCUT2D eigenvalue weighted by Gasteiger charge is 2.17. The van der Waals surface area contributed by atoms with Gasteiger partial charge in [0.1, 0.15) is 5.82 Å². The van der Waals surface area contributed by atoms with Crippen LogP contribution >= 0.6 is 0 Å². The molecule has 0 saturated heterocycles. The Balaban J connectivity index is 2.71. The number of hydrogen-bond donors (Lipinski definition) is 3. The lowest BCUT2D eigenvalue weighted by Gasteiger charge is -2.17. The second-order valence-electron chi connectivity index (χ2n) is 6.56. The van der Waals surface area contributed by atoms with Crippen LogP contribution in [0.3, 0.4) is 0 Å². The lowest BCUT2D eigenvalue weighted by molar-refractivity contribution is -0.125. The highest BCUT2D eigenvalue weighted by atomic mass is 19.1.